The van der Waals surface area contributed by atoms with Gasteiger partial charge in [-0.1, -0.05) is 12.1 Å². The molecular formula is C14H15BrFNOS. The molecule has 2 rings (SSSR count). The van der Waals surface area contributed by atoms with E-state index in [1.807, 2.05) is 6.07 Å². The third-order valence-corrected chi connectivity index (χ3v) is 4.45. The van der Waals surface area contributed by atoms with Crippen molar-refractivity contribution in [2.24, 2.45) is 0 Å². The summed E-state index contributed by atoms with van der Waals surface area (Å²) in [6.45, 7) is 1.28. The van der Waals surface area contributed by atoms with Gasteiger partial charge in [-0.05, 0) is 52.2 Å². The molecule has 19 heavy (non-hydrogen) atoms. The van der Waals surface area contributed by atoms with Gasteiger partial charge in [0.05, 0.1) is 9.89 Å². The average Bonchev–Trinajstić information content (AvgIpc) is 2.81. The molecule has 1 aromatic carbocycles. The van der Waals surface area contributed by atoms with E-state index in [-0.39, 0.29) is 5.82 Å². The quantitative estimate of drug-likeness (QED) is 0.786. The summed E-state index contributed by atoms with van der Waals surface area (Å²) in [5.74, 6) is -0.285. The highest BCUT2D eigenvalue weighted by molar-refractivity contribution is 9.11. The number of aliphatic hydroxyl groups excluding tert-OH is 1. The van der Waals surface area contributed by atoms with Gasteiger partial charge in [-0.15, -0.1) is 11.3 Å². The second kappa shape index (κ2) is 7.14. The third-order valence-electron chi connectivity index (χ3n) is 2.77. The summed E-state index contributed by atoms with van der Waals surface area (Å²) >= 11 is 5.15. The maximum absolute atomic E-state index is 12.7. The van der Waals surface area contributed by atoms with Gasteiger partial charge in [0.1, 0.15) is 5.82 Å². The smallest absolute Gasteiger partial charge is 0.123 e. The first-order valence-electron chi connectivity index (χ1n) is 6.03. The van der Waals surface area contributed by atoms with Gasteiger partial charge >= 0.3 is 0 Å². The van der Waals surface area contributed by atoms with Crippen molar-refractivity contribution in [1.82, 2.24) is 5.32 Å². The van der Waals surface area contributed by atoms with E-state index in [4.69, 9.17) is 0 Å². The van der Waals surface area contributed by atoms with E-state index in [9.17, 15) is 9.50 Å². The second-order valence-electron chi connectivity index (χ2n) is 4.23. The zero-order valence-corrected chi connectivity index (χ0v) is 12.7. The van der Waals surface area contributed by atoms with Crippen LogP contribution in [0.25, 0.3) is 0 Å². The minimum atomic E-state index is -0.601. The Hall–Kier alpha value is -0.750. The van der Waals surface area contributed by atoms with Crippen LogP contribution in [0.4, 0.5) is 4.39 Å². The van der Waals surface area contributed by atoms with Gasteiger partial charge in [-0.25, -0.2) is 4.39 Å². The molecule has 0 aliphatic rings. The van der Waals surface area contributed by atoms with Gasteiger partial charge in [-0.2, -0.15) is 0 Å². The molecule has 102 valence electrons. The summed E-state index contributed by atoms with van der Waals surface area (Å²) < 4.78 is 13.9. The second-order valence-corrected chi connectivity index (χ2v) is 6.77. The van der Waals surface area contributed by atoms with E-state index in [0.717, 1.165) is 22.3 Å². The number of benzene rings is 1. The highest BCUT2D eigenvalue weighted by atomic mass is 79.9. The SMILES string of the molecule is OC(CNCCc1ccc(Br)s1)c1ccc(F)cc1. The summed E-state index contributed by atoms with van der Waals surface area (Å²) in [6, 6.07) is 10.1. The Kier molecular flexibility index (Phi) is 5.51. The molecule has 1 atom stereocenters. The summed E-state index contributed by atoms with van der Waals surface area (Å²) in [5, 5.41) is 13.1. The van der Waals surface area contributed by atoms with E-state index in [2.05, 4.69) is 27.3 Å². The Balaban J connectivity index is 1.72. The maximum atomic E-state index is 12.7. The lowest BCUT2D eigenvalue weighted by Crippen LogP contribution is -2.23. The molecule has 1 aromatic heterocycles. The minimum absolute atomic E-state index is 0.285. The van der Waals surface area contributed by atoms with Gasteiger partial charge in [0.25, 0.3) is 0 Å². The number of halogens is 2. The number of rotatable bonds is 6. The van der Waals surface area contributed by atoms with E-state index in [1.165, 1.54) is 17.0 Å². The largest absolute Gasteiger partial charge is 0.387 e. The predicted octanol–water partition coefficient (Wildman–Crippen LogP) is 3.52. The van der Waals surface area contributed by atoms with Crippen molar-refractivity contribution in [2.45, 2.75) is 12.5 Å². The van der Waals surface area contributed by atoms with Gasteiger partial charge in [0.15, 0.2) is 0 Å². The van der Waals surface area contributed by atoms with E-state index < -0.39 is 6.10 Å². The Morgan fingerprint density at radius 3 is 2.58 bits per heavy atom. The molecule has 0 radical (unpaired) electrons. The van der Waals surface area contributed by atoms with Crippen molar-refractivity contribution in [3.63, 3.8) is 0 Å². The van der Waals surface area contributed by atoms with E-state index in [0.29, 0.717) is 6.54 Å². The Morgan fingerprint density at radius 2 is 1.95 bits per heavy atom. The van der Waals surface area contributed by atoms with Crippen LogP contribution in [-0.2, 0) is 6.42 Å². The summed E-state index contributed by atoms with van der Waals surface area (Å²) in [5.41, 5.74) is 0.729. The molecule has 0 fully saturated rings. The van der Waals surface area contributed by atoms with Crippen LogP contribution >= 0.6 is 27.3 Å². The molecule has 1 unspecified atom stereocenters. The molecule has 1 heterocycles. The Labute approximate surface area is 124 Å². The normalized spacial score (nSPS) is 12.6. The van der Waals surface area contributed by atoms with Crippen LogP contribution in [0.15, 0.2) is 40.2 Å². The summed E-state index contributed by atoms with van der Waals surface area (Å²) in [6.07, 6.45) is 0.336. The van der Waals surface area contributed by atoms with Crippen molar-refractivity contribution in [3.05, 3.63) is 56.4 Å². The van der Waals surface area contributed by atoms with Crippen LogP contribution in [0.3, 0.4) is 0 Å². The van der Waals surface area contributed by atoms with Crippen molar-refractivity contribution < 1.29 is 9.50 Å². The Bertz CT molecular complexity index is 514. The van der Waals surface area contributed by atoms with Gasteiger partial charge < -0.3 is 10.4 Å². The molecule has 2 aromatic rings. The molecule has 2 N–H and O–H groups in total. The first-order valence-corrected chi connectivity index (χ1v) is 7.64. The van der Waals surface area contributed by atoms with Crippen LogP contribution in [0.1, 0.15) is 16.5 Å². The average molecular weight is 344 g/mol. The van der Waals surface area contributed by atoms with Crippen molar-refractivity contribution in [3.8, 4) is 0 Å². The van der Waals surface area contributed by atoms with Gasteiger partial charge in [-0.3, -0.25) is 0 Å². The molecule has 0 aliphatic carbocycles. The highest BCUT2D eigenvalue weighted by Gasteiger charge is 2.06. The van der Waals surface area contributed by atoms with Gasteiger partial charge in [0.2, 0.25) is 0 Å². The number of hydrogen-bond acceptors (Lipinski definition) is 3. The number of thiophene rings is 1. The van der Waals surface area contributed by atoms with Crippen molar-refractivity contribution in [1.29, 1.82) is 0 Å². The molecule has 0 saturated heterocycles. The zero-order chi connectivity index (χ0) is 13.7. The number of nitrogens with one attached hydrogen (secondary N) is 1. The molecule has 0 saturated carbocycles. The topological polar surface area (TPSA) is 32.3 Å². The zero-order valence-electron chi connectivity index (χ0n) is 10.3. The molecule has 0 bridgehead atoms. The van der Waals surface area contributed by atoms with Crippen LogP contribution in [-0.4, -0.2) is 18.2 Å². The van der Waals surface area contributed by atoms with Gasteiger partial charge in [0, 0.05) is 18.0 Å². The molecule has 0 spiro atoms. The monoisotopic (exact) mass is 343 g/mol. The van der Waals surface area contributed by atoms with Crippen LogP contribution in [0.2, 0.25) is 0 Å². The Morgan fingerprint density at radius 1 is 1.21 bits per heavy atom. The molecule has 2 nitrogen and oxygen atoms in total. The highest BCUT2D eigenvalue weighted by Crippen LogP contribution is 2.22. The maximum Gasteiger partial charge on any atom is 0.123 e. The summed E-state index contributed by atoms with van der Waals surface area (Å²) in [7, 11) is 0. The van der Waals surface area contributed by atoms with E-state index in [1.54, 1.807) is 23.5 Å². The standard InChI is InChI=1S/C14H15BrFNOS/c15-14-6-5-12(19-14)7-8-17-9-13(18)10-1-3-11(16)4-2-10/h1-6,13,17-18H,7-9H2. The lowest BCUT2D eigenvalue weighted by Gasteiger charge is -2.11. The number of hydrogen-bond donors (Lipinski definition) is 2. The molecule has 0 amide bonds. The van der Waals surface area contributed by atoms with Crippen LogP contribution < -0.4 is 5.32 Å². The minimum Gasteiger partial charge on any atom is -0.387 e. The van der Waals surface area contributed by atoms with Crippen molar-refractivity contribution in [2.75, 3.05) is 13.1 Å². The lowest BCUT2D eigenvalue weighted by atomic mass is 10.1. The fraction of sp³-hybridized carbons (Fsp3) is 0.286. The van der Waals surface area contributed by atoms with Crippen molar-refractivity contribution >= 4 is 27.3 Å². The third kappa shape index (κ3) is 4.69. The van der Waals surface area contributed by atoms with E-state index >= 15 is 0 Å². The summed E-state index contributed by atoms with van der Waals surface area (Å²) in [4.78, 5) is 1.30. The number of aliphatic hydroxyl groups is 1. The molecule has 0 aliphatic heterocycles. The van der Waals surface area contributed by atoms with Crippen LogP contribution in [0.5, 0.6) is 0 Å². The van der Waals surface area contributed by atoms with Crippen LogP contribution in [0, 0.1) is 5.82 Å². The fourth-order valence-corrected chi connectivity index (χ4v) is 3.22. The predicted molar refractivity (Wildman–Crippen MR) is 80.0 cm³/mol. The lowest BCUT2D eigenvalue weighted by molar-refractivity contribution is 0.175. The molecule has 5 heteroatoms. The molecular weight excluding hydrogens is 329 g/mol. The fourth-order valence-electron chi connectivity index (χ4n) is 1.74. The first-order chi connectivity index (χ1) is 9.15. The first kappa shape index (κ1) is 14.7.